The first-order valence-corrected chi connectivity index (χ1v) is 16.7. The van der Waals surface area contributed by atoms with Gasteiger partial charge >= 0.3 is 0 Å². The molecule has 0 radical (unpaired) electrons. The predicted octanol–water partition coefficient (Wildman–Crippen LogP) is 12.7. The number of hydrogen-bond donors (Lipinski definition) is 0. The monoisotopic (exact) mass is 601 g/mol. The van der Waals surface area contributed by atoms with Crippen LogP contribution >= 0.6 is 0 Å². The van der Waals surface area contributed by atoms with Crippen LogP contribution in [0.15, 0.2) is 157 Å². The van der Waals surface area contributed by atoms with Crippen LogP contribution in [-0.4, -0.2) is 4.57 Å². The Hall–Kier alpha value is -5.66. The molecule has 1 nitrogen and oxygen atoms in total. The molecule has 0 spiro atoms. The van der Waals surface area contributed by atoms with Gasteiger partial charge in [-0.25, -0.2) is 0 Å². The third-order valence-corrected chi connectivity index (χ3v) is 10.0. The van der Waals surface area contributed by atoms with E-state index in [0.717, 1.165) is 12.8 Å². The highest BCUT2D eigenvalue weighted by molar-refractivity contribution is 6.23. The number of aromatic nitrogens is 1. The number of para-hydroxylation sites is 2. The van der Waals surface area contributed by atoms with Crippen molar-refractivity contribution in [3.63, 3.8) is 0 Å². The zero-order chi connectivity index (χ0) is 31.5. The molecule has 1 aliphatic carbocycles. The van der Waals surface area contributed by atoms with Crippen molar-refractivity contribution < 1.29 is 0 Å². The second-order valence-corrected chi connectivity index (χ2v) is 12.8. The fourth-order valence-electron chi connectivity index (χ4n) is 8.04. The first-order valence-electron chi connectivity index (χ1n) is 16.7. The topological polar surface area (TPSA) is 4.93 Å². The summed E-state index contributed by atoms with van der Waals surface area (Å²) in [6.07, 6.45) is 6.69. The molecule has 0 saturated heterocycles. The molecular formula is C46H35N. The lowest BCUT2D eigenvalue weighted by atomic mass is 9.83. The summed E-state index contributed by atoms with van der Waals surface area (Å²) in [5.74, 6) is 0. The van der Waals surface area contributed by atoms with Gasteiger partial charge in [0.05, 0.1) is 11.0 Å². The van der Waals surface area contributed by atoms with Crippen molar-refractivity contribution in [3.05, 3.63) is 168 Å². The van der Waals surface area contributed by atoms with E-state index in [0.29, 0.717) is 0 Å². The van der Waals surface area contributed by atoms with Crippen LogP contribution in [0.1, 0.15) is 31.4 Å². The third kappa shape index (κ3) is 4.23. The van der Waals surface area contributed by atoms with E-state index in [1.54, 1.807) is 0 Å². The average Bonchev–Trinajstić information content (AvgIpc) is 3.63. The number of nitrogens with zero attached hydrogens (tertiary/aromatic N) is 1. The van der Waals surface area contributed by atoms with Gasteiger partial charge in [0.2, 0.25) is 0 Å². The molecule has 1 heterocycles. The van der Waals surface area contributed by atoms with E-state index in [2.05, 4.69) is 170 Å². The molecule has 1 aliphatic rings. The molecule has 0 amide bonds. The lowest BCUT2D eigenvalue weighted by molar-refractivity contribution is 1.18. The Morgan fingerprint density at radius 2 is 1.17 bits per heavy atom. The Kier molecular flexibility index (Phi) is 6.47. The molecule has 0 aliphatic heterocycles. The molecule has 9 rings (SSSR count). The number of benzene rings is 7. The number of allylic oxidation sites excluding steroid dienone is 4. The second-order valence-electron chi connectivity index (χ2n) is 12.8. The van der Waals surface area contributed by atoms with Gasteiger partial charge in [0, 0.05) is 16.5 Å². The molecule has 0 saturated carbocycles. The van der Waals surface area contributed by atoms with Crippen molar-refractivity contribution >= 4 is 48.9 Å². The van der Waals surface area contributed by atoms with Crippen LogP contribution in [0.2, 0.25) is 0 Å². The average molecular weight is 602 g/mol. The van der Waals surface area contributed by atoms with E-state index < -0.39 is 0 Å². The maximum absolute atomic E-state index is 2.42. The number of rotatable bonds is 5. The van der Waals surface area contributed by atoms with Crippen molar-refractivity contribution in [2.45, 2.75) is 26.7 Å². The van der Waals surface area contributed by atoms with Crippen LogP contribution in [0.3, 0.4) is 0 Å². The van der Waals surface area contributed by atoms with Crippen molar-refractivity contribution in [1.82, 2.24) is 4.57 Å². The molecule has 224 valence electrons. The lowest BCUT2D eigenvalue weighted by Gasteiger charge is -2.20. The van der Waals surface area contributed by atoms with Gasteiger partial charge in [-0.3, -0.25) is 0 Å². The van der Waals surface area contributed by atoms with Gasteiger partial charge in [0.25, 0.3) is 0 Å². The van der Waals surface area contributed by atoms with Gasteiger partial charge < -0.3 is 4.57 Å². The molecule has 0 bridgehead atoms. The highest BCUT2D eigenvalue weighted by atomic mass is 15.0. The van der Waals surface area contributed by atoms with Gasteiger partial charge in [-0.05, 0) is 111 Å². The van der Waals surface area contributed by atoms with Crippen molar-refractivity contribution in [2.24, 2.45) is 0 Å². The Labute approximate surface area is 275 Å². The smallest absolute Gasteiger partial charge is 0.0541 e. The first kappa shape index (κ1) is 27.6. The molecule has 8 aromatic rings. The highest BCUT2D eigenvalue weighted by Gasteiger charge is 2.25. The van der Waals surface area contributed by atoms with Crippen molar-refractivity contribution in [2.75, 3.05) is 0 Å². The van der Waals surface area contributed by atoms with Gasteiger partial charge in [-0.15, -0.1) is 0 Å². The summed E-state index contributed by atoms with van der Waals surface area (Å²) in [4.78, 5) is 0. The van der Waals surface area contributed by atoms with Crippen molar-refractivity contribution in [3.8, 4) is 27.9 Å². The van der Waals surface area contributed by atoms with Crippen LogP contribution in [-0.2, 0) is 6.42 Å². The number of hydrogen-bond acceptors (Lipinski definition) is 0. The van der Waals surface area contributed by atoms with Crippen LogP contribution in [0.4, 0.5) is 0 Å². The summed E-state index contributed by atoms with van der Waals surface area (Å²) in [7, 11) is 0. The minimum absolute atomic E-state index is 1.01. The van der Waals surface area contributed by atoms with E-state index >= 15 is 0 Å². The Morgan fingerprint density at radius 3 is 1.87 bits per heavy atom. The molecule has 1 heteroatoms. The molecule has 0 N–H and O–H groups in total. The van der Waals surface area contributed by atoms with E-state index in [1.807, 2.05) is 0 Å². The summed E-state index contributed by atoms with van der Waals surface area (Å²) in [6.45, 7) is 4.51. The molecule has 0 unspecified atom stereocenters. The molecule has 0 atom stereocenters. The van der Waals surface area contributed by atoms with E-state index in [1.165, 1.54) is 93.6 Å². The Balaban J connectivity index is 1.35. The van der Waals surface area contributed by atoms with E-state index in [9.17, 15) is 0 Å². The van der Waals surface area contributed by atoms with Crippen LogP contribution < -0.4 is 0 Å². The van der Waals surface area contributed by atoms with E-state index in [-0.39, 0.29) is 0 Å². The van der Waals surface area contributed by atoms with Gasteiger partial charge in [0.15, 0.2) is 0 Å². The molecule has 7 aromatic carbocycles. The molecule has 1 aromatic heterocycles. The summed E-state index contributed by atoms with van der Waals surface area (Å²) < 4.78 is 2.39. The van der Waals surface area contributed by atoms with Crippen LogP contribution in [0, 0.1) is 0 Å². The highest BCUT2D eigenvalue weighted by Crippen LogP contribution is 2.48. The third-order valence-electron chi connectivity index (χ3n) is 10.0. The molecule has 0 fully saturated rings. The summed E-state index contributed by atoms with van der Waals surface area (Å²) in [6, 6.07) is 51.5. The van der Waals surface area contributed by atoms with Crippen molar-refractivity contribution in [1.29, 1.82) is 0 Å². The van der Waals surface area contributed by atoms with Crippen LogP contribution in [0.25, 0.3) is 76.9 Å². The minimum Gasteiger partial charge on any atom is -0.309 e. The number of fused-ring (bicyclic) bond motifs is 6. The van der Waals surface area contributed by atoms with Gasteiger partial charge in [-0.1, -0.05) is 134 Å². The SMILES string of the molecule is CC/C=C\C1=C(C)Cc2cccc(-c3c4ccccc4c(-c4ccc5c(c4)c4ccccc4n5-c4ccccc4)c4ccccc34)c21. The maximum Gasteiger partial charge on any atom is 0.0541 e. The van der Waals surface area contributed by atoms with E-state index in [4.69, 9.17) is 0 Å². The quantitative estimate of drug-likeness (QED) is 0.173. The summed E-state index contributed by atoms with van der Waals surface area (Å²) in [5.41, 5.74) is 14.5. The largest absolute Gasteiger partial charge is 0.309 e. The predicted molar refractivity (Wildman–Crippen MR) is 202 cm³/mol. The minimum atomic E-state index is 1.01. The zero-order valence-corrected chi connectivity index (χ0v) is 26.8. The van der Waals surface area contributed by atoms with Gasteiger partial charge in [0.1, 0.15) is 0 Å². The zero-order valence-electron chi connectivity index (χ0n) is 26.8. The fraction of sp³-hybridized carbons (Fsp3) is 0.0870. The fourth-order valence-corrected chi connectivity index (χ4v) is 8.04. The summed E-state index contributed by atoms with van der Waals surface area (Å²) >= 11 is 0. The second kappa shape index (κ2) is 11.0. The normalized spacial score (nSPS) is 13.1. The lowest BCUT2D eigenvalue weighted by Crippen LogP contribution is -1.95. The summed E-state index contributed by atoms with van der Waals surface area (Å²) in [5, 5.41) is 7.71. The Bertz CT molecular complexity index is 2520. The van der Waals surface area contributed by atoms with Crippen LogP contribution in [0.5, 0.6) is 0 Å². The maximum atomic E-state index is 2.42. The van der Waals surface area contributed by atoms with Gasteiger partial charge in [-0.2, -0.15) is 0 Å². The molecule has 47 heavy (non-hydrogen) atoms. The Morgan fingerprint density at radius 1 is 0.553 bits per heavy atom. The molecular weight excluding hydrogens is 567 g/mol. The first-order chi connectivity index (χ1) is 23.2. The standard InChI is InChI=1S/C46H35N/c1-3-4-18-34-30(2)28-31-15-14-24-40(44(31)34)46-38-22-10-8-20-36(38)45(37-21-9-11-23-39(37)46)32-26-27-43-41(29-32)35-19-12-13-25-42(35)47(43)33-16-6-5-7-17-33/h4-27,29H,3,28H2,1-2H3/b18-4-.